The monoisotopic (exact) mass is 346 g/mol. The molecule has 0 saturated heterocycles. The van der Waals surface area contributed by atoms with Gasteiger partial charge in [-0.25, -0.2) is 4.98 Å². The predicted octanol–water partition coefficient (Wildman–Crippen LogP) is 4.58. The number of benzene rings is 2. The highest BCUT2D eigenvalue weighted by atomic mass is 16.1. The highest BCUT2D eigenvalue weighted by Crippen LogP contribution is 2.28. The van der Waals surface area contributed by atoms with Gasteiger partial charge in [0.15, 0.2) is 0 Å². The van der Waals surface area contributed by atoms with Crippen molar-refractivity contribution in [3.05, 3.63) is 78.4 Å². The van der Waals surface area contributed by atoms with Crippen LogP contribution in [0.15, 0.2) is 67.0 Å². The molecule has 1 aromatic heterocycles. The quantitative estimate of drug-likeness (QED) is 0.734. The highest BCUT2D eigenvalue weighted by molar-refractivity contribution is 6.02. The maximum Gasteiger partial charge on any atom is 0.275 e. The van der Waals surface area contributed by atoms with Crippen molar-refractivity contribution in [2.45, 2.75) is 26.8 Å². The largest absolute Gasteiger partial charge is 0.339 e. The van der Waals surface area contributed by atoms with Crippen molar-refractivity contribution in [3.63, 3.8) is 0 Å². The van der Waals surface area contributed by atoms with E-state index in [-0.39, 0.29) is 5.91 Å². The second-order valence-corrected chi connectivity index (χ2v) is 6.34. The Morgan fingerprint density at radius 1 is 0.923 bits per heavy atom. The van der Waals surface area contributed by atoms with Gasteiger partial charge >= 0.3 is 0 Å². The zero-order chi connectivity index (χ0) is 18.5. The number of nitrogens with one attached hydrogen (secondary N) is 1. The number of anilines is 3. The number of hydrogen-bond donors (Lipinski definition) is 1. The Morgan fingerprint density at radius 3 is 2.15 bits per heavy atom. The Morgan fingerprint density at radius 2 is 1.58 bits per heavy atom. The molecule has 132 valence electrons. The van der Waals surface area contributed by atoms with Gasteiger partial charge in [-0.2, -0.15) is 0 Å². The van der Waals surface area contributed by atoms with Crippen LogP contribution in [0.1, 0.15) is 30.0 Å². The zero-order valence-corrected chi connectivity index (χ0v) is 15.2. The van der Waals surface area contributed by atoms with E-state index in [9.17, 15) is 4.79 Å². The molecule has 0 aliphatic carbocycles. The molecule has 0 atom stereocenters. The van der Waals surface area contributed by atoms with Crippen molar-refractivity contribution >= 4 is 23.0 Å². The number of hydrogen-bond acceptors (Lipinski definition) is 4. The van der Waals surface area contributed by atoms with Crippen LogP contribution >= 0.6 is 0 Å². The first kappa shape index (κ1) is 17.6. The van der Waals surface area contributed by atoms with Crippen LogP contribution in [-0.4, -0.2) is 21.9 Å². The minimum atomic E-state index is -0.269. The van der Waals surface area contributed by atoms with Crippen LogP contribution in [0.2, 0.25) is 0 Å². The van der Waals surface area contributed by atoms with Crippen LogP contribution in [0, 0.1) is 6.92 Å². The molecule has 5 nitrogen and oxygen atoms in total. The number of aryl methyl sites for hydroxylation is 1. The van der Waals surface area contributed by atoms with Crippen LogP contribution in [0.25, 0.3) is 0 Å². The summed E-state index contributed by atoms with van der Waals surface area (Å²) in [5.41, 5.74) is 4.00. The average Bonchev–Trinajstić information content (AvgIpc) is 2.64. The molecular formula is C21H22N4O. The summed E-state index contributed by atoms with van der Waals surface area (Å²) in [4.78, 5) is 22.7. The molecule has 0 radical (unpaired) electrons. The van der Waals surface area contributed by atoms with Gasteiger partial charge < -0.3 is 10.2 Å². The smallest absolute Gasteiger partial charge is 0.275 e. The Labute approximate surface area is 153 Å². The lowest BCUT2D eigenvalue weighted by atomic mass is 10.2. The molecule has 1 N–H and O–H groups in total. The Hall–Kier alpha value is -3.21. The topological polar surface area (TPSA) is 58.1 Å². The van der Waals surface area contributed by atoms with Gasteiger partial charge in [0.25, 0.3) is 5.91 Å². The van der Waals surface area contributed by atoms with Crippen LogP contribution in [-0.2, 0) is 0 Å². The number of para-hydroxylation sites is 1. The molecule has 0 aliphatic heterocycles. The molecule has 1 amide bonds. The maximum absolute atomic E-state index is 12.2. The first-order valence-electron chi connectivity index (χ1n) is 8.59. The number of nitrogens with zero attached hydrogens (tertiary/aromatic N) is 3. The SMILES string of the molecule is Cc1cnc(C(=O)Nc2ccc(N(c3ccccc3)C(C)C)cc2)cn1. The van der Waals surface area contributed by atoms with Crippen molar-refractivity contribution in [3.8, 4) is 0 Å². The third kappa shape index (κ3) is 4.06. The van der Waals surface area contributed by atoms with Crippen LogP contribution < -0.4 is 10.2 Å². The van der Waals surface area contributed by atoms with E-state index < -0.39 is 0 Å². The lowest BCUT2D eigenvalue weighted by molar-refractivity contribution is 0.102. The van der Waals surface area contributed by atoms with Gasteiger partial charge in [0, 0.05) is 29.3 Å². The van der Waals surface area contributed by atoms with Crippen molar-refractivity contribution in [2.24, 2.45) is 0 Å². The fourth-order valence-electron chi connectivity index (χ4n) is 2.74. The van der Waals surface area contributed by atoms with Crippen LogP contribution in [0.4, 0.5) is 17.1 Å². The zero-order valence-electron chi connectivity index (χ0n) is 15.2. The molecule has 5 heteroatoms. The van der Waals surface area contributed by atoms with Gasteiger partial charge in [-0.3, -0.25) is 9.78 Å². The number of aromatic nitrogens is 2. The fraction of sp³-hybridized carbons (Fsp3) is 0.190. The third-order valence-corrected chi connectivity index (χ3v) is 3.97. The van der Waals surface area contributed by atoms with Crippen LogP contribution in [0.5, 0.6) is 0 Å². The summed E-state index contributed by atoms with van der Waals surface area (Å²) in [6.45, 7) is 6.14. The van der Waals surface area contributed by atoms with E-state index in [2.05, 4.69) is 46.2 Å². The van der Waals surface area contributed by atoms with Crippen molar-refractivity contribution in [2.75, 3.05) is 10.2 Å². The minimum Gasteiger partial charge on any atom is -0.339 e. The van der Waals surface area contributed by atoms with Crippen molar-refractivity contribution in [1.29, 1.82) is 0 Å². The molecule has 0 fully saturated rings. The lowest BCUT2D eigenvalue weighted by Gasteiger charge is -2.29. The van der Waals surface area contributed by atoms with E-state index in [4.69, 9.17) is 0 Å². The first-order valence-corrected chi connectivity index (χ1v) is 8.59. The number of amides is 1. The van der Waals surface area contributed by atoms with Gasteiger partial charge in [-0.15, -0.1) is 0 Å². The molecule has 2 aromatic carbocycles. The molecule has 1 heterocycles. The van der Waals surface area contributed by atoms with Crippen molar-refractivity contribution in [1.82, 2.24) is 9.97 Å². The second-order valence-electron chi connectivity index (χ2n) is 6.34. The van der Waals surface area contributed by atoms with Crippen molar-refractivity contribution < 1.29 is 4.79 Å². The molecule has 0 bridgehead atoms. The molecular weight excluding hydrogens is 324 g/mol. The average molecular weight is 346 g/mol. The summed E-state index contributed by atoms with van der Waals surface area (Å²) in [6, 6.07) is 18.4. The number of carbonyl (C=O) groups is 1. The van der Waals surface area contributed by atoms with E-state index >= 15 is 0 Å². The summed E-state index contributed by atoms with van der Waals surface area (Å²) in [6.07, 6.45) is 3.06. The van der Waals surface area contributed by atoms with Gasteiger partial charge in [0.05, 0.1) is 11.9 Å². The van der Waals surface area contributed by atoms with E-state index in [1.54, 1.807) is 6.20 Å². The summed E-state index contributed by atoms with van der Waals surface area (Å²) in [7, 11) is 0. The normalized spacial score (nSPS) is 10.6. The molecule has 0 aliphatic rings. The second kappa shape index (κ2) is 7.78. The highest BCUT2D eigenvalue weighted by Gasteiger charge is 2.13. The standard InChI is InChI=1S/C21H22N4O/c1-15(2)25(18-7-5-4-6-8-18)19-11-9-17(10-12-19)24-21(26)20-14-22-16(3)13-23-20/h4-15H,1-3H3,(H,24,26). The van der Waals surface area contributed by atoms with E-state index in [0.717, 1.165) is 22.8 Å². The number of carbonyl (C=O) groups excluding carboxylic acids is 1. The minimum absolute atomic E-state index is 0.269. The van der Waals surface area contributed by atoms with Gasteiger partial charge in [0.2, 0.25) is 0 Å². The lowest BCUT2D eigenvalue weighted by Crippen LogP contribution is -2.25. The van der Waals surface area contributed by atoms with E-state index in [0.29, 0.717) is 11.7 Å². The van der Waals surface area contributed by atoms with Gasteiger partial charge in [-0.05, 0) is 57.2 Å². The van der Waals surface area contributed by atoms with E-state index in [1.807, 2.05) is 49.4 Å². The molecule has 0 unspecified atom stereocenters. The molecule has 3 aromatic rings. The molecule has 26 heavy (non-hydrogen) atoms. The number of rotatable bonds is 5. The Kier molecular flexibility index (Phi) is 5.27. The summed E-state index contributed by atoms with van der Waals surface area (Å²) < 4.78 is 0. The Bertz CT molecular complexity index is 859. The maximum atomic E-state index is 12.2. The van der Waals surface area contributed by atoms with Gasteiger partial charge in [0.1, 0.15) is 5.69 Å². The first-order chi connectivity index (χ1) is 12.5. The molecule has 0 spiro atoms. The predicted molar refractivity (Wildman–Crippen MR) is 105 cm³/mol. The third-order valence-electron chi connectivity index (χ3n) is 3.97. The summed E-state index contributed by atoms with van der Waals surface area (Å²) >= 11 is 0. The van der Waals surface area contributed by atoms with Crippen LogP contribution in [0.3, 0.4) is 0 Å². The summed E-state index contributed by atoms with van der Waals surface area (Å²) in [5, 5.41) is 2.85. The summed E-state index contributed by atoms with van der Waals surface area (Å²) in [5.74, 6) is -0.269. The molecule has 0 saturated carbocycles. The van der Waals surface area contributed by atoms with Gasteiger partial charge in [-0.1, -0.05) is 18.2 Å². The fourth-order valence-corrected chi connectivity index (χ4v) is 2.74. The Balaban J connectivity index is 1.77. The van der Waals surface area contributed by atoms with E-state index in [1.165, 1.54) is 6.20 Å². The molecule has 3 rings (SSSR count).